The van der Waals surface area contributed by atoms with Gasteiger partial charge >= 0.3 is 0 Å². The van der Waals surface area contributed by atoms with Crippen LogP contribution in [0.4, 0.5) is 0 Å². The van der Waals surface area contributed by atoms with Crippen molar-refractivity contribution in [2.24, 2.45) is 0 Å². The van der Waals surface area contributed by atoms with Gasteiger partial charge < -0.3 is 4.98 Å². The summed E-state index contributed by atoms with van der Waals surface area (Å²) in [5.74, 6) is 0.308. The number of H-pyrrole nitrogens is 1. The van der Waals surface area contributed by atoms with Gasteiger partial charge in [0.25, 0.3) is 5.56 Å². The molecule has 2 aromatic carbocycles. The van der Waals surface area contributed by atoms with E-state index < -0.39 is 10.0 Å². The maximum Gasteiger partial charge on any atom is 0.258 e. The number of rotatable bonds is 6. The van der Waals surface area contributed by atoms with Gasteiger partial charge in [0.05, 0.1) is 22.3 Å². The number of sulfonamides is 1. The second-order valence-electron chi connectivity index (χ2n) is 6.18. The number of aromatic amines is 1. The van der Waals surface area contributed by atoms with Crippen LogP contribution in [0.2, 0.25) is 0 Å². The lowest BCUT2D eigenvalue weighted by molar-refractivity contribution is 0.456. The second kappa shape index (κ2) is 7.39. The molecule has 0 fully saturated rings. The van der Waals surface area contributed by atoms with Gasteiger partial charge in [-0.3, -0.25) is 4.79 Å². The Morgan fingerprint density at radius 1 is 1.08 bits per heavy atom. The van der Waals surface area contributed by atoms with Crippen LogP contribution in [0.5, 0.6) is 0 Å². The molecule has 0 bridgehead atoms. The Kier molecular flexibility index (Phi) is 5.20. The molecule has 0 radical (unpaired) electrons. The van der Waals surface area contributed by atoms with E-state index in [4.69, 9.17) is 0 Å². The molecule has 0 spiro atoms. The first kappa shape index (κ1) is 18.3. The average Bonchev–Trinajstić information content (AvgIpc) is 2.62. The van der Waals surface area contributed by atoms with E-state index in [0.717, 1.165) is 18.4 Å². The van der Waals surface area contributed by atoms with Crippen LogP contribution in [-0.2, 0) is 23.0 Å². The first-order valence-corrected chi connectivity index (χ1v) is 9.89. The van der Waals surface area contributed by atoms with Crippen molar-refractivity contribution in [1.82, 2.24) is 14.3 Å². The van der Waals surface area contributed by atoms with Gasteiger partial charge in [-0.05, 0) is 36.2 Å². The van der Waals surface area contributed by atoms with Crippen LogP contribution < -0.4 is 5.56 Å². The Morgan fingerprint density at radius 3 is 2.46 bits per heavy atom. The van der Waals surface area contributed by atoms with Crippen LogP contribution >= 0.6 is 0 Å². The number of hydrogen-bond acceptors (Lipinski definition) is 4. The lowest BCUT2D eigenvalue weighted by atomic mass is 10.1. The molecular weight excluding hydrogens is 350 g/mol. The van der Waals surface area contributed by atoms with Gasteiger partial charge in [-0.25, -0.2) is 13.4 Å². The van der Waals surface area contributed by atoms with Crippen molar-refractivity contribution in [3.8, 4) is 0 Å². The predicted molar refractivity (Wildman–Crippen MR) is 101 cm³/mol. The molecule has 0 saturated carbocycles. The number of para-hydroxylation sites is 1. The van der Waals surface area contributed by atoms with Crippen molar-refractivity contribution in [2.45, 2.75) is 31.2 Å². The van der Waals surface area contributed by atoms with Crippen molar-refractivity contribution in [2.75, 3.05) is 7.05 Å². The molecule has 136 valence electrons. The molecule has 1 heterocycles. The first-order chi connectivity index (χ1) is 12.4. The minimum absolute atomic E-state index is 0.0148. The van der Waals surface area contributed by atoms with Gasteiger partial charge in [0.15, 0.2) is 0 Å². The molecular formula is C19H21N3O3S. The number of benzene rings is 2. The van der Waals surface area contributed by atoms with Crippen molar-refractivity contribution < 1.29 is 8.42 Å². The number of nitrogens with zero attached hydrogens (tertiary/aromatic N) is 2. The maximum absolute atomic E-state index is 12.8. The molecule has 0 amide bonds. The highest BCUT2D eigenvalue weighted by atomic mass is 32.2. The van der Waals surface area contributed by atoms with Gasteiger partial charge in [-0.15, -0.1) is 0 Å². The molecule has 0 saturated heterocycles. The number of aryl methyl sites for hydroxylation is 1. The molecule has 0 unspecified atom stereocenters. The number of aromatic nitrogens is 2. The van der Waals surface area contributed by atoms with E-state index in [-0.39, 0.29) is 17.0 Å². The second-order valence-corrected chi connectivity index (χ2v) is 8.23. The summed E-state index contributed by atoms with van der Waals surface area (Å²) < 4.78 is 26.7. The summed E-state index contributed by atoms with van der Waals surface area (Å²) in [6.45, 7) is 2.06. The van der Waals surface area contributed by atoms with Crippen LogP contribution in [0.3, 0.4) is 0 Å². The molecule has 0 aliphatic rings. The van der Waals surface area contributed by atoms with Gasteiger partial charge in [0, 0.05) is 7.05 Å². The zero-order valence-electron chi connectivity index (χ0n) is 14.8. The Morgan fingerprint density at radius 2 is 1.77 bits per heavy atom. The van der Waals surface area contributed by atoms with Crippen molar-refractivity contribution in [3.05, 3.63) is 70.3 Å². The molecule has 6 nitrogen and oxygen atoms in total. The molecule has 26 heavy (non-hydrogen) atoms. The van der Waals surface area contributed by atoms with E-state index in [2.05, 4.69) is 16.9 Å². The summed E-state index contributed by atoms with van der Waals surface area (Å²) in [6.07, 6.45) is 1.92. The fourth-order valence-electron chi connectivity index (χ4n) is 2.80. The SMILES string of the molecule is CCCc1ccc(S(=O)(=O)N(C)Cc2nc3ccccc3c(=O)[nH]2)cc1. The van der Waals surface area contributed by atoms with Crippen molar-refractivity contribution >= 4 is 20.9 Å². The highest BCUT2D eigenvalue weighted by Crippen LogP contribution is 2.17. The summed E-state index contributed by atoms with van der Waals surface area (Å²) in [5.41, 5.74) is 1.37. The molecule has 1 aromatic heterocycles. The number of nitrogens with one attached hydrogen (secondary N) is 1. The monoisotopic (exact) mass is 371 g/mol. The summed E-state index contributed by atoms with van der Waals surface area (Å²) in [5, 5.41) is 0.480. The van der Waals surface area contributed by atoms with E-state index in [1.165, 1.54) is 11.4 Å². The third-order valence-corrected chi connectivity index (χ3v) is 6.02. The van der Waals surface area contributed by atoms with E-state index in [1.54, 1.807) is 36.4 Å². The van der Waals surface area contributed by atoms with Crippen LogP contribution in [0, 0.1) is 0 Å². The Bertz CT molecular complexity index is 1070. The van der Waals surface area contributed by atoms with Gasteiger partial charge in [-0.2, -0.15) is 4.31 Å². The molecule has 3 aromatic rings. The summed E-state index contributed by atoms with van der Waals surface area (Å²) in [6, 6.07) is 13.9. The Hall–Kier alpha value is -2.51. The predicted octanol–water partition coefficient (Wildman–Crippen LogP) is 2.70. The maximum atomic E-state index is 12.8. The molecule has 0 aliphatic heterocycles. The quantitative estimate of drug-likeness (QED) is 0.722. The van der Waals surface area contributed by atoms with E-state index in [0.29, 0.717) is 16.7 Å². The Labute approximate surface area is 152 Å². The fourth-order valence-corrected chi connectivity index (χ4v) is 3.93. The molecule has 7 heteroatoms. The van der Waals surface area contributed by atoms with Crippen molar-refractivity contribution in [1.29, 1.82) is 0 Å². The van der Waals surface area contributed by atoms with Gasteiger partial charge in [0.2, 0.25) is 10.0 Å². The highest BCUT2D eigenvalue weighted by molar-refractivity contribution is 7.89. The standard InChI is InChI=1S/C19H21N3O3S/c1-3-6-14-9-11-15(12-10-14)26(24,25)22(2)13-18-20-17-8-5-4-7-16(17)19(23)21-18/h4-5,7-12H,3,6,13H2,1-2H3,(H,20,21,23). The number of hydrogen-bond donors (Lipinski definition) is 1. The molecule has 0 atom stereocenters. The van der Waals surface area contributed by atoms with Crippen LogP contribution in [-0.4, -0.2) is 29.7 Å². The van der Waals surface area contributed by atoms with E-state index in [9.17, 15) is 13.2 Å². The lowest BCUT2D eigenvalue weighted by Crippen LogP contribution is -2.28. The zero-order valence-corrected chi connectivity index (χ0v) is 15.6. The lowest BCUT2D eigenvalue weighted by Gasteiger charge is -2.17. The van der Waals surface area contributed by atoms with Crippen LogP contribution in [0.15, 0.2) is 58.2 Å². The zero-order chi connectivity index (χ0) is 18.7. The summed E-state index contributed by atoms with van der Waals surface area (Å²) >= 11 is 0. The molecule has 1 N–H and O–H groups in total. The smallest absolute Gasteiger partial charge is 0.258 e. The van der Waals surface area contributed by atoms with E-state index >= 15 is 0 Å². The minimum atomic E-state index is -3.66. The average molecular weight is 371 g/mol. The van der Waals surface area contributed by atoms with E-state index in [1.807, 2.05) is 12.1 Å². The summed E-state index contributed by atoms with van der Waals surface area (Å²) in [7, 11) is -2.19. The normalized spacial score (nSPS) is 12.0. The Balaban J connectivity index is 1.86. The third kappa shape index (κ3) is 3.68. The topological polar surface area (TPSA) is 83.1 Å². The van der Waals surface area contributed by atoms with Crippen LogP contribution in [0.1, 0.15) is 24.7 Å². The van der Waals surface area contributed by atoms with Crippen LogP contribution in [0.25, 0.3) is 10.9 Å². The third-order valence-electron chi connectivity index (χ3n) is 4.20. The van der Waals surface area contributed by atoms with Gasteiger partial charge in [-0.1, -0.05) is 37.6 Å². The first-order valence-electron chi connectivity index (χ1n) is 8.45. The highest BCUT2D eigenvalue weighted by Gasteiger charge is 2.21. The molecule has 3 rings (SSSR count). The molecule has 0 aliphatic carbocycles. The number of fused-ring (bicyclic) bond motifs is 1. The fraction of sp³-hybridized carbons (Fsp3) is 0.263. The largest absolute Gasteiger partial charge is 0.309 e. The van der Waals surface area contributed by atoms with Crippen molar-refractivity contribution in [3.63, 3.8) is 0 Å². The summed E-state index contributed by atoms with van der Waals surface area (Å²) in [4.78, 5) is 19.4. The minimum Gasteiger partial charge on any atom is -0.309 e. The van der Waals surface area contributed by atoms with Gasteiger partial charge in [0.1, 0.15) is 5.82 Å².